The third-order valence-electron chi connectivity index (χ3n) is 3.12. The van der Waals surface area contributed by atoms with Gasteiger partial charge >= 0.3 is 0 Å². The Bertz CT molecular complexity index is 823. The number of benzene rings is 2. The summed E-state index contributed by atoms with van der Waals surface area (Å²) >= 11 is 3.42. The first kappa shape index (κ1) is 14.5. The molecular formula is C16H13BrN4O. The van der Waals surface area contributed by atoms with E-state index in [0.29, 0.717) is 18.1 Å². The van der Waals surface area contributed by atoms with Gasteiger partial charge in [0.1, 0.15) is 11.6 Å². The van der Waals surface area contributed by atoms with Crippen molar-refractivity contribution in [3.63, 3.8) is 0 Å². The van der Waals surface area contributed by atoms with Crippen molar-refractivity contribution in [2.45, 2.75) is 6.42 Å². The standard InChI is InChI=1S/C16H13BrN4O/c17-12-6-3-5-11(8-12)15-19-14(20-16(18)21-15)9-10-4-1-2-7-13(10)22/h1-8,22H,9H2,(H2,18,19,20,21). The summed E-state index contributed by atoms with van der Waals surface area (Å²) in [6.07, 6.45) is 0.389. The van der Waals surface area contributed by atoms with E-state index in [2.05, 4.69) is 30.9 Å². The minimum absolute atomic E-state index is 0.162. The van der Waals surface area contributed by atoms with Crippen LogP contribution in [0.3, 0.4) is 0 Å². The first-order valence-corrected chi connectivity index (χ1v) is 7.44. The van der Waals surface area contributed by atoms with Crippen LogP contribution in [0.1, 0.15) is 11.4 Å². The molecule has 5 nitrogen and oxygen atoms in total. The zero-order valence-corrected chi connectivity index (χ0v) is 13.2. The van der Waals surface area contributed by atoms with E-state index in [-0.39, 0.29) is 11.7 Å². The number of halogens is 1. The van der Waals surface area contributed by atoms with Gasteiger partial charge in [0, 0.05) is 22.0 Å². The van der Waals surface area contributed by atoms with Crippen molar-refractivity contribution >= 4 is 21.9 Å². The lowest BCUT2D eigenvalue weighted by Crippen LogP contribution is -2.05. The van der Waals surface area contributed by atoms with Gasteiger partial charge in [-0.15, -0.1) is 0 Å². The van der Waals surface area contributed by atoms with Crippen molar-refractivity contribution in [2.75, 3.05) is 5.73 Å². The molecule has 0 aliphatic heterocycles. The van der Waals surface area contributed by atoms with Crippen LogP contribution in [0, 0.1) is 0 Å². The van der Waals surface area contributed by atoms with Gasteiger partial charge in [-0.2, -0.15) is 9.97 Å². The predicted octanol–water partition coefficient (Wildman–Crippen LogP) is 3.18. The van der Waals surface area contributed by atoms with Gasteiger partial charge < -0.3 is 10.8 Å². The summed E-state index contributed by atoms with van der Waals surface area (Å²) in [4.78, 5) is 12.8. The molecule has 110 valence electrons. The average molecular weight is 357 g/mol. The molecule has 3 aromatic rings. The van der Waals surface area contributed by atoms with Gasteiger partial charge in [-0.3, -0.25) is 0 Å². The third-order valence-corrected chi connectivity index (χ3v) is 3.62. The molecule has 0 bridgehead atoms. The third kappa shape index (κ3) is 3.23. The Morgan fingerprint density at radius 1 is 1.00 bits per heavy atom. The molecule has 0 unspecified atom stereocenters. The molecule has 22 heavy (non-hydrogen) atoms. The molecule has 3 rings (SSSR count). The highest BCUT2D eigenvalue weighted by atomic mass is 79.9. The molecule has 2 aromatic carbocycles. The highest BCUT2D eigenvalue weighted by Crippen LogP contribution is 2.22. The number of aromatic hydroxyl groups is 1. The van der Waals surface area contributed by atoms with Crippen LogP contribution in [-0.2, 0) is 6.42 Å². The number of nitrogen functional groups attached to an aromatic ring is 1. The van der Waals surface area contributed by atoms with Crippen LogP contribution in [0.15, 0.2) is 53.0 Å². The van der Waals surface area contributed by atoms with Gasteiger partial charge in [0.25, 0.3) is 0 Å². The van der Waals surface area contributed by atoms with E-state index < -0.39 is 0 Å². The first-order chi connectivity index (χ1) is 10.6. The maximum Gasteiger partial charge on any atom is 0.223 e. The van der Waals surface area contributed by atoms with Gasteiger partial charge in [-0.05, 0) is 18.2 Å². The zero-order chi connectivity index (χ0) is 15.5. The van der Waals surface area contributed by atoms with Crippen LogP contribution >= 0.6 is 15.9 Å². The Morgan fingerprint density at radius 3 is 2.59 bits per heavy atom. The van der Waals surface area contributed by atoms with E-state index in [4.69, 9.17) is 5.73 Å². The van der Waals surface area contributed by atoms with Crippen LogP contribution in [-0.4, -0.2) is 20.1 Å². The lowest BCUT2D eigenvalue weighted by atomic mass is 10.1. The summed E-state index contributed by atoms with van der Waals surface area (Å²) in [6, 6.07) is 14.7. The summed E-state index contributed by atoms with van der Waals surface area (Å²) in [5, 5.41) is 9.86. The van der Waals surface area contributed by atoms with Gasteiger partial charge in [0.15, 0.2) is 5.82 Å². The number of phenols is 1. The Kier molecular flexibility index (Phi) is 4.02. The highest BCUT2D eigenvalue weighted by Gasteiger charge is 2.09. The summed E-state index contributed by atoms with van der Waals surface area (Å²) in [5.41, 5.74) is 7.38. The average Bonchev–Trinajstić information content (AvgIpc) is 2.49. The van der Waals surface area contributed by atoms with E-state index >= 15 is 0 Å². The number of rotatable bonds is 3. The molecule has 0 saturated heterocycles. The SMILES string of the molecule is Nc1nc(Cc2ccccc2O)nc(-c2cccc(Br)c2)n1. The summed E-state index contributed by atoms with van der Waals surface area (Å²) < 4.78 is 0.936. The Morgan fingerprint density at radius 2 is 1.82 bits per heavy atom. The second kappa shape index (κ2) is 6.11. The minimum Gasteiger partial charge on any atom is -0.508 e. The van der Waals surface area contributed by atoms with Gasteiger partial charge in [0.05, 0.1) is 0 Å². The normalized spacial score (nSPS) is 10.6. The molecular weight excluding hydrogens is 344 g/mol. The van der Waals surface area contributed by atoms with Crippen LogP contribution < -0.4 is 5.73 Å². The minimum atomic E-state index is 0.162. The smallest absolute Gasteiger partial charge is 0.223 e. The fourth-order valence-electron chi connectivity index (χ4n) is 2.10. The quantitative estimate of drug-likeness (QED) is 0.752. The fraction of sp³-hybridized carbons (Fsp3) is 0.0625. The van der Waals surface area contributed by atoms with Crippen molar-refractivity contribution < 1.29 is 5.11 Å². The number of hydrogen-bond donors (Lipinski definition) is 2. The van der Waals surface area contributed by atoms with Crippen molar-refractivity contribution in [3.05, 3.63) is 64.4 Å². The lowest BCUT2D eigenvalue weighted by molar-refractivity contribution is 0.469. The largest absolute Gasteiger partial charge is 0.508 e. The Hall–Kier alpha value is -2.47. The fourth-order valence-corrected chi connectivity index (χ4v) is 2.50. The van der Waals surface area contributed by atoms with Crippen LogP contribution in [0.25, 0.3) is 11.4 Å². The molecule has 6 heteroatoms. The Balaban J connectivity index is 1.98. The zero-order valence-electron chi connectivity index (χ0n) is 11.6. The summed E-state index contributed by atoms with van der Waals surface area (Å²) in [5.74, 6) is 1.41. The molecule has 0 saturated carbocycles. The number of nitrogens with zero attached hydrogens (tertiary/aromatic N) is 3. The number of aromatic nitrogens is 3. The number of anilines is 1. The van der Waals surface area contributed by atoms with Crippen molar-refractivity contribution in [1.82, 2.24) is 15.0 Å². The van der Waals surface area contributed by atoms with Gasteiger partial charge in [-0.25, -0.2) is 4.98 Å². The van der Waals surface area contributed by atoms with Crippen molar-refractivity contribution in [3.8, 4) is 17.1 Å². The molecule has 0 amide bonds. The van der Waals surface area contributed by atoms with Crippen LogP contribution in [0.4, 0.5) is 5.95 Å². The van der Waals surface area contributed by atoms with E-state index in [0.717, 1.165) is 15.6 Å². The maximum absolute atomic E-state index is 9.86. The van der Waals surface area contributed by atoms with Gasteiger partial charge in [0.2, 0.25) is 5.95 Å². The molecule has 1 heterocycles. The monoisotopic (exact) mass is 356 g/mol. The molecule has 3 N–H and O–H groups in total. The molecule has 0 spiro atoms. The number of phenolic OH excluding ortho intramolecular Hbond substituents is 1. The van der Waals surface area contributed by atoms with Gasteiger partial charge in [-0.1, -0.05) is 46.3 Å². The molecule has 0 radical (unpaired) electrons. The number of para-hydroxylation sites is 1. The Labute approximate surface area is 136 Å². The number of hydrogen-bond acceptors (Lipinski definition) is 5. The second-order valence-electron chi connectivity index (χ2n) is 4.75. The summed E-state index contributed by atoms with van der Waals surface area (Å²) in [6.45, 7) is 0. The maximum atomic E-state index is 9.86. The van der Waals surface area contributed by atoms with E-state index in [1.807, 2.05) is 36.4 Å². The van der Waals surface area contributed by atoms with Crippen LogP contribution in [0.2, 0.25) is 0 Å². The molecule has 0 aliphatic rings. The molecule has 1 aromatic heterocycles. The lowest BCUT2D eigenvalue weighted by Gasteiger charge is -2.07. The van der Waals surface area contributed by atoms with Crippen molar-refractivity contribution in [2.24, 2.45) is 0 Å². The van der Waals surface area contributed by atoms with E-state index in [1.165, 1.54) is 0 Å². The van der Waals surface area contributed by atoms with E-state index in [1.54, 1.807) is 12.1 Å². The van der Waals surface area contributed by atoms with E-state index in [9.17, 15) is 5.11 Å². The van der Waals surface area contributed by atoms with Crippen LogP contribution in [0.5, 0.6) is 5.75 Å². The topological polar surface area (TPSA) is 84.9 Å². The first-order valence-electron chi connectivity index (χ1n) is 6.65. The predicted molar refractivity (Wildman–Crippen MR) is 88.3 cm³/mol. The molecule has 0 fully saturated rings. The molecule has 0 atom stereocenters. The van der Waals surface area contributed by atoms with Crippen molar-refractivity contribution in [1.29, 1.82) is 0 Å². The summed E-state index contributed by atoms with van der Waals surface area (Å²) in [7, 11) is 0. The number of nitrogens with two attached hydrogens (primary N) is 1. The second-order valence-corrected chi connectivity index (χ2v) is 5.66. The molecule has 0 aliphatic carbocycles. The highest BCUT2D eigenvalue weighted by molar-refractivity contribution is 9.10.